The Labute approximate surface area is 116 Å². The van der Waals surface area contributed by atoms with Crippen LogP contribution in [0.25, 0.3) is 11.1 Å². The maximum absolute atomic E-state index is 13.7. The van der Waals surface area contributed by atoms with Gasteiger partial charge in [-0.25, -0.2) is 13.2 Å². The molecule has 0 aliphatic rings. The third kappa shape index (κ3) is 2.45. The van der Waals surface area contributed by atoms with Crippen LogP contribution in [0.5, 0.6) is 5.75 Å². The summed E-state index contributed by atoms with van der Waals surface area (Å²) < 4.78 is 45.5. The molecule has 0 aliphatic heterocycles. The lowest BCUT2D eigenvalue weighted by atomic mass is 10.0. The minimum atomic E-state index is -1.20. The molecular formula is C13H8F3IO. The van der Waals surface area contributed by atoms with Gasteiger partial charge in [0.05, 0.1) is 7.11 Å². The molecule has 0 aliphatic carbocycles. The highest BCUT2D eigenvalue weighted by atomic mass is 127. The minimum absolute atomic E-state index is 0.0113. The second-order valence-electron chi connectivity index (χ2n) is 3.59. The molecule has 0 radical (unpaired) electrons. The Bertz CT molecular complexity index is 599. The third-order valence-corrected chi connectivity index (χ3v) is 3.41. The molecule has 2 aromatic rings. The van der Waals surface area contributed by atoms with Crippen LogP contribution >= 0.6 is 22.6 Å². The van der Waals surface area contributed by atoms with Crippen molar-refractivity contribution in [2.45, 2.75) is 0 Å². The summed E-state index contributed by atoms with van der Waals surface area (Å²) in [4.78, 5) is 0. The highest BCUT2D eigenvalue weighted by molar-refractivity contribution is 14.1. The summed E-state index contributed by atoms with van der Waals surface area (Å²) in [5.74, 6) is -2.56. The van der Waals surface area contributed by atoms with E-state index in [-0.39, 0.29) is 5.56 Å². The van der Waals surface area contributed by atoms with Crippen LogP contribution in [-0.2, 0) is 0 Å². The lowest BCUT2D eigenvalue weighted by Crippen LogP contribution is -1.94. The van der Waals surface area contributed by atoms with Crippen molar-refractivity contribution in [3.05, 3.63) is 51.4 Å². The zero-order valence-corrected chi connectivity index (χ0v) is 11.5. The quantitative estimate of drug-likeness (QED) is 0.568. The van der Waals surface area contributed by atoms with Gasteiger partial charge < -0.3 is 4.74 Å². The summed E-state index contributed by atoms with van der Waals surface area (Å²) >= 11 is 2.00. The molecule has 0 fully saturated rings. The molecule has 2 rings (SSSR count). The van der Waals surface area contributed by atoms with Gasteiger partial charge in [0.1, 0.15) is 11.6 Å². The van der Waals surface area contributed by atoms with Gasteiger partial charge in [-0.05, 0) is 46.9 Å². The molecule has 0 spiro atoms. The average molecular weight is 364 g/mol. The first-order valence-electron chi connectivity index (χ1n) is 5.01. The zero-order valence-electron chi connectivity index (χ0n) is 9.31. The summed E-state index contributed by atoms with van der Waals surface area (Å²) in [7, 11) is 1.48. The van der Waals surface area contributed by atoms with Gasteiger partial charge in [-0.3, -0.25) is 0 Å². The molecule has 0 saturated carbocycles. The Kier molecular flexibility index (Phi) is 3.79. The van der Waals surface area contributed by atoms with E-state index in [4.69, 9.17) is 4.74 Å². The highest BCUT2D eigenvalue weighted by Gasteiger charge is 2.14. The Morgan fingerprint density at radius 1 is 0.889 bits per heavy atom. The summed E-state index contributed by atoms with van der Waals surface area (Å²) in [6.45, 7) is 0. The molecule has 0 heterocycles. The van der Waals surface area contributed by atoms with Crippen molar-refractivity contribution < 1.29 is 17.9 Å². The largest absolute Gasteiger partial charge is 0.497 e. The fourth-order valence-corrected chi connectivity index (χ4v) is 2.19. The number of ether oxygens (including phenoxy) is 1. The molecular weight excluding hydrogens is 356 g/mol. The Morgan fingerprint density at radius 3 is 2.22 bits per heavy atom. The molecule has 0 unspecified atom stereocenters. The lowest BCUT2D eigenvalue weighted by Gasteiger charge is -2.09. The van der Waals surface area contributed by atoms with Crippen LogP contribution in [0.15, 0.2) is 30.3 Å². The van der Waals surface area contributed by atoms with E-state index in [9.17, 15) is 13.2 Å². The average Bonchev–Trinajstić information content (AvgIpc) is 2.35. The molecule has 94 valence electrons. The second kappa shape index (κ2) is 5.17. The number of benzene rings is 2. The molecule has 0 atom stereocenters. The first kappa shape index (κ1) is 13.2. The second-order valence-corrected chi connectivity index (χ2v) is 4.75. The standard InChI is InChI=1S/C13H8F3IO/c1-18-7-2-3-13(17)9(4-7)8-5-11(15)12(16)6-10(8)14/h2-6H,1H3. The van der Waals surface area contributed by atoms with Crippen molar-refractivity contribution in [1.29, 1.82) is 0 Å². The maximum atomic E-state index is 13.7. The topological polar surface area (TPSA) is 9.23 Å². The van der Waals surface area contributed by atoms with Crippen LogP contribution in [0.2, 0.25) is 0 Å². The van der Waals surface area contributed by atoms with E-state index in [2.05, 4.69) is 0 Å². The molecule has 0 bridgehead atoms. The number of hydrogen-bond acceptors (Lipinski definition) is 1. The molecule has 18 heavy (non-hydrogen) atoms. The first-order chi connectivity index (χ1) is 8.52. The van der Waals surface area contributed by atoms with Crippen molar-refractivity contribution >= 4 is 22.6 Å². The SMILES string of the molecule is COc1ccc(I)c(-c2cc(F)c(F)cc2F)c1. The van der Waals surface area contributed by atoms with Crippen molar-refractivity contribution in [3.63, 3.8) is 0 Å². The molecule has 1 nitrogen and oxygen atoms in total. The molecule has 0 aromatic heterocycles. The van der Waals surface area contributed by atoms with Crippen LogP contribution in [0.1, 0.15) is 0 Å². The smallest absolute Gasteiger partial charge is 0.161 e. The Morgan fingerprint density at radius 2 is 1.56 bits per heavy atom. The fourth-order valence-electron chi connectivity index (χ4n) is 1.57. The molecule has 0 N–H and O–H groups in total. The zero-order chi connectivity index (χ0) is 13.3. The molecule has 5 heteroatoms. The summed E-state index contributed by atoms with van der Waals surface area (Å²) in [5, 5.41) is 0. The van der Waals surface area contributed by atoms with E-state index in [1.54, 1.807) is 18.2 Å². The van der Waals surface area contributed by atoms with Crippen LogP contribution in [0.3, 0.4) is 0 Å². The van der Waals surface area contributed by atoms with Crippen molar-refractivity contribution in [2.75, 3.05) is 7.11 Å². The summed E-state index contributed by atoms with van der Waals surface area (Å²) in [5.41, 5.74) is 0.476. The number of halogens is 4. The summed E-state index contributed by atoms with van der Waals surface area (Å²) in [6, 6.07) is 6.40. The van der Waals surface area contributed by atoms with Gasteiger partial charge in [-0.2, -0.15) is 0 Å². The van der Waals surface area contributed by atoms with Crippen LogP contribution in [-0.4, -0.2) is 7.11 Å². The highest BCUT2D eigenvalue weighted by Crippen LogP contribution is 2.32. The van der Waals surface area contributed by atoms with E-state index in [0.29, 0.717) is 17.4 Å². The molecule has 0 amide bonds. The van der Waals surface area contributed by atoms with Gasteiger partial charge in [-0.1, -0.05) is 0 Å². The third-order valence-electron chi connectivity index (χ3n) is 2.47. The maximum Gasteiger partial charge on any atom is 0.161 e. The normalized spacial score (nSPS) is 10.5. The van der Waals surface area contributed by atoms with Crippen molar-refractivity contribution in [3.8, 4) is 16.9 Å². The lowest BCUT2D eigenvalue weighted by molar-refractivity contribution is 0.415. The number of rotatable bonds is 2. The molecule has 0 saturated heterocycles. The fraction of sp³-hybridized carbons (Fsp3) is 0.0769. The van der Waals surface area contributed by atoms with E-state index in [0.717, 1.165) is 9.64 Å². The van der Waals surface area contributed by atoms with Crippen LogP contribution in [0.4, 0.5) is 13.2 Å². The van der Waals surface area contributed by atoms with Gasteiger partial charge in [0.15, 0.2) is 11.6 Å². The summed E-state index contributed by atoms with van der Waals surface area (Å²) in [6.07, 6.45) is 0. The minimum Gasteiger partial charge on any atom is -0.497 e. The Balaban J connectivity index is 2.64. The van der Waals surface area contributed by atoms with Crippen LogP contribution < -0.4 is 4.74 Å². The van der Waals surface area contributed by atoms with E-state index < -0.39 is 17.5 Å². The van der Waals surface area contributed by atoms with Gasteiger partial charge in [0, 0.05) is 20.8 Å². The number of hydrogen-bond donors (Lipinski definition) is 0. The van der Waals surface area contributed by atoms with Gasteiger partial charge in [0.2, 0.25) is 0 Å². The van der Waals surface area contributed by atoms with Gasteiger partial charge in [-0.15, -0.1) is 0 Å². The van der Waals surface area contributed by atoms with Gasteiger partial charge >= 0.3 is 0 Å². The Hall–Kier alpha value is -1.24. The van der Waals surface area contributed by atoms with Crippen molar-refractivity contribution in [2.24, 2.45) is 0 Å². The molecule has 2 aromatic carbocycles. The van der Waals surface area contributed by atoms with E-state index >= 15 is 0 Å². The van der Waals surface area contributed by atoms with Gasteiger partial charge in [0.25, 0.3) is 0 Å². The predicted octanol–water partition coefficient (Wildman–Crippen LogP) is 4.38. The van der Waals surface area contributed by atoms with Crippen molar-refractivity contribution in [1.82, 2.24) is 0 Å². The number of methoxy groups -OCH3 is 1. The van der Waals surface area contributed by atoms with E-state index in [1.807, 2.05) is 22.6 Å². The monoisotopic (exact) mass is 364 g/mol. The van der Waals surface area contributed by atoms with E-state index in [1.165, 1.54) is 7.11 Å². The van der Waals surface area contributed by atoms with Crippen LogP contribution in [0, 0.1) is 21.0 Å². The predicted molar refractivity (Wildman–Crippen MR) is 71.0 cm³/mol. The first-order valence-corrected chi connectivity index (χ1v) is 6.09.